The second-order valence-electron chi connectivity index (χ2n) is 5.27. The second kappa shape index (κ2) is 6.24. The van der Waals surface area contributed by atoms with Crippen LogP contribution in [0.5, 0.6) is 0 Å². The standard InChI is InChI=1S/C13H25NO2/c1-3-9-13(2,14)12(15)16-10-11-7-5-4-6-8-11/h11H,3-10,14H2,1-2H3. The van der Waals surface area contributed by atoms with Gasteiger partial charge in [-0.3, -0.25) is 4.79 Å². The van der Waals surface area contributed by atoms with Gasteiger partial charge in [0.05, 0.1) is 6.61 Å². The zero-order valence-electron chi connectivity index (χ0n) is 10.6. The van der Waals surface area contributed by atoms with Crippen molar-refractivity contribution in [1.82, 2.24) is 0 Å². The summed E-state index contributed by atoms with van der Waals surface area (Å²) in [5.74, 6) is 0.329. The quantitative estimate of drug-likeness (QED) is 0.735. The number of rotatable bonds is 5. The molecule has 1 atom stereocenters. The molecule has 0 saturated heterocycles. The van der Waals surface area contributed by atoms with Gasteiger partial charge in [0.25, 0.3) is 0 Å². The van der Waals surface area contributed by atoms with Crippen molar-refractivity contribution in [3.63, 3.8) is 0 Å². The van der Waals surface area contributed by atoms with Gasteiger partial charge >= 0.3 is 5.97 Å². The lowest BCUT2D eigenvalue weighted by Gasteiger charge is -2.25. The third-order valence-corrected chi connectivity index (χ3v) is 3.41. The van der Waals surface area contributed by atoms with Crippen LogP contribution in [0.3, 0.4) is 0 Å². The summed E-state index contributed by atoms with van der Waals surface area (Å²) < 4.78 is 5.33. The normalized spacial score (nSPS) is 21.4. The Bertz CT molecular complexity index is 220. The minimum absolute atomic E-state index is 0.236. The highest BCUT2D eigenvalue weighted by Gasteiger charge is 2.29. The third kappa shape index (κ3) is 4.12. The van der Waals surface area contributed by atoms with Crippen molar-refractivity contribution in [1.29, 1.82) is 0 Å². The minimum Gasteiger partial charge on any atom is -0.464 e. The maximum Gasteiger partial charge on any atom is 0.325 e. The Labute approximate surface area is 98.7 Å². The highest BCUT2D eigenvalue weighted by Crippen LogP contribution is 2.24. The molecule has 2 N–H and O–H groups in total. The molecular formula is C13H25NO2. The predicted octanol–water partition coefficient (Wildman–Crippen LogP) is 2.63. The Kier molecular flexibility index (Phi) is 5.26. The highest BCUT2D eigenvalue weighted by molar-refractivity contribution is 5.79. The van der Waals surface area contributed by atoms with Gasteiger partial charge in [-0.1, -0.05) is 32.6 Å². The molecule has 1 rings (SSSR count). The molecule has 1 aliphatic carbocycles. The fourth-order valence-corrected chi connectivity index (χ4v) is 2.33. The zero-order valence-corrected chi connectivity index (χ0v) is 10.6. The molecule has 0 aromatic carbocycles. The summed E-state index contributed by atoms with van der Waals surface area (Å²) in [7, 11) is 0. The predicted molar refractivity (Wildman–Crippen MR) is 65.0 cm³/mol. The molecule has 1 aliphatic rings. The molecule has 1 saturated carbocycles. The molecule has 16 heavy (non-hydrogen) atoms. The highest BCUT2D eigenvalue weighted by atomic mass is 16.5. The van der Waals surface area contributed by atoms with Crippen LogP contribution in [0.1, 0.15) is 58.8 Å². The first-order valence-electron chi connectivity index (χ1n) is 6.52. The molecule has 0 aromatic heterocycles. The Balaban J connectivity index is 2.28. The van der Waals surface area contributed by atoms with Gasteiger partial charge in [-0.15, -0.1) is 0 Å². The molecule has 0 heterocycles. The van der Waals surface area contributed by atoms with E-state index >= 15 is 0 Å². The minimum atomic E-state index is -0.802. The van der Waals surface area contributed by atoms with E-state index in [0.717, 1.165) is 6.42 Å². The smallest absolute Gasteiger partial charge is 0.325 e. The summed E-state index contributed by atoms with van der Waals surface area (Å²) in [5, 5.41) is 0. The fraction of sp³-hybridized carbons (Fsp3) is 0.923. The lowest BCUT2D eigenvalue weighted by atomic mass is 9.90. The van der Waals surface area contributed by atoms with Gasteiger partial charge < -0.3 is 10.5 Å². The summed E-state index contributed by atoms with van der Waals surface area (Å²) >= 11 is 0. The average Bonchev–Trinajstić information content (AvgIpc) is 2.27. The summed E-state index contributed by atoms with van der Waals surface area (Å²) in [5.41, 5.74) is 5.11. The van der Waals surface area contributed by atoms with Gasteiger partial charge in [0.1, 0.15) is 5.54 Å². The maximum absolute atomic E-state index is 11.8. The van der Waals surface area contributed by atoms with Crippen molar-refractivity contribution in [3.8, 4) is 0 Å². The van der Waals surface area contributed by atoms with E-state index in [1.807, 2.05) is 6.92 Å². The number of hydrogen-bond donors (Lipinski definition) is 1. The molecule has 0 radical (unpaired) electrons. The van der Waals surface area contributed by atoms with E-state index in [0.29, 0.717) is 18.9 Å². The van der Waals surface area contributed by atoms with Gasteiger partial charge in [0.15, 0.2) is 0 Å². The van der Waals surface area contributed by atoms with E-state index in [1.165, 1.54) is 32.1 Å². The summed E-state index contributed by atoms with van der Waals surface area (Å²) in [6.07, 6.45) is 7.87. The lowest BCUT2D eigenvalue weighted by Crippen LogP contribution is -2.46. The van der Waals surface area contributed by atoms with Crippen LogP contribution >= 0.6 is 0 Å². The monoisotopic (exact) mass is 227 g/mol. The van der Waals surface area contributed by atoms with Crippen LogP contribution in [0.4, 0.5) is 0 Å². The van der Waals surface area contributed by atoms with Crippen molar-refractivity contribution in [2.75, 3.05) is 6.61 Å². The molecule has 3 nitrogen and oxygen atoms in total. The van der Waals surface area contributed by atoms with E-state index in [2.05, 4.69) is 0 Å². The lowest BCUT2D eigenvalue weighted by molar-refractivity contribution is -0.151. The Hall–Kier alpha value is -0.570. The van der Waals surface area contributed by atoms with Gasteiger partial charge in [-0.25, -0.2) is 0 Å². The first-order chi connectivity index (χ1) is 7.56. The largest absolute Gasteiger partial charge is 0.464 e. The zero-order chi connectivity index (χ0) is 12.0. The van der Waals surface area contributed by atoms with E-state index in [-0.39, 0.29) is 5.97 Å². The number of carbonyl (C=O) groups is 1. The number of carbonyl (C=O) groups excluding carboxylic acids is 1. The molecule has 0 amide bonds. The van der Waals surface area contributed by atoms with E-state index in [1.54, 1.807) is 6.92 Å². The molecule has 0 aromatic rings. The average molecular weight is 227 g/mol. The van der Waals surface area contributed by atoms with Crippen LogP contribution in [-0.4, -0.2) is 18.1 Å². The first-order valence-corrected chi connectivity index (χ1v) is 6.52. The SMILES string of the molecule is CCCC(C)(N)C(=O)OCC1CCCCC1. The van der Waals surface area contributed by atoms with Crippen molar-refractivity contribution >= 4 is 5.97 Å². The van der Waals surface area contributed by atoms with Crippen molar-refractivity contribution in [2.45, 2.75) is 64.3 Å². The third-order valence-electron chi connectivity index (χ3n) is 3.41. The van der Waals surface area contributed by atoms with Crippen molar-refractivity contribution < 1.29 is 9.53 Å². The number of esters is 1. The summed E-state index contributed by atoms with van der Waals surface area (Å²) in [4.78, 5) is 11.8. The van der Waals surface area contributed by atoms with E-state index in [4.69, 9.17) is 10.5 Å². The number of nitrogens with two attached hydrogens (primary N) is 1. The molecule has 1 fully saturated rings. The first kappa shape index (κ1) is 13.5. The molecule has 0 bridgehead atoms. The van der Waals surface area contributed by atoms with Crippen LogP contribution < -0.4 is 5.73 Å². The van der Waals surface area contributed by atoms with Gasteiger partial charge in [0.2, 0.25) is 0 Å². The van der Waals surface area contributed by atoms with Crippen LogP contribution in [0, 0.1) is 5.92 Å². The fourth-order valence-electron chi connectivity index (χ4n) is 2.33. The Morgan fingerprint density at radius 1 is 1.38 bits per heavy atom. The molecule has 1 unspecified atom stereocenters. The number of ether oxygens (including phenoxy) is 1. The Morgan fingerprint density at radius 2 is 2.00 bits per heavy atom. The van der Waals surface area contributed by atoms with Crippen LogP contribution in [0.25, 0.3) is 0 Å². The van der Waals surface area contributed by atoms with Crippen molar-refractivity contribution in [3.05, 3.63) is 0 Å². The van der Waals surface area contributed by atoms with E-state index < -0.39 is 5.54 Å². The molecular weight excluding hydrogens is 202 g/mol. The van der Waals surface area contributed by atoms with Gasteiger partial charge in [0, 0.05) is 0 Å². The Morgan fingerprint density at radius 3 is 2.56 bits per heavy atom. The second-order valence-corrected chi connectivity index (χ2v) is 5.27. The van der Waals surface area contributed by atoms with Crippen LogP contribution in [0.15, 0.2) is 0 Å². The number of hydrogen-bond acceptors (Lipinski definition) is 3. The maximum atomic E-state index is 11.8. The molecule has 0 spiro atoms. The molecule has 94 valence electrons. The van der Waals surface area contributed by atoms with E-state index in [9.17, 15) is 4.79 Å². The molecule has 0 aliphatic heterocycles. The van der Waals surface area contributed by atoms with Gasteiger partial charge in [-0.05, 0) is 32.1 Å². The van der Waals surface area contributed by atoms with Gasteiger partial charge in [-0.2, -0.15) is 0 Å². The topological polar surface area (TPSA) is 52.3 Å². The summed E-state index contributed by atoms with van der Waals surface area (Å²) in [6.45, 7) is 4.36. The van der Waals surface area contributed by atoms with Crippen LogP contribution in [-0.2, 0) is 9.53 Å². The van der Waals surface area contributed by atoms with Crippen molar-refractivity contribution in [2.24, 2.45) is 11.7 Å². The van der Waals surface area contributed by atoms with Crippen LogP contribution in [0.2, 0.25) is 0 Å². The molecule has 3 heteroatoms. The summed E-state index contributed by atoms with van der Waals surface area (Å²) in [6, 6.07) is 0.